The van der Waals surface area contributed by atoms with Gasteiger partial charge >= 0.3 is 0 Å². The van der Waals surface area contributed by atoms with Crippen LogP contribution in [-0.2, 0) is 6.42 Å². The first-order valence-electron chi connectivity index (χ1n) is 7.03. The van der Waals surface area contributed by atoms with E-state index in [0.717, 1.165) is 29.3 Å². The smallest absolute Gasteiger partial charge is 0.172 e. The van der Waals surface area contributed by atoms with Gasteiger partial charge in [0.2, 0.25) is 0 Å². The highest BCUT2D eigenvalue weighted by Gasteiger charge is 2.33. The first-order chi connectivity index (χ1) is 9.06. The summed E-state index contributed by atoms with van der Waals surface area (Å²) in [5.74, 6) is 1.47. The van der Waals surface area contributed by atoms with Gasteiger partial charge in [-0.1, -0.05) is 24.9 Å². The van der Waals surface area contributed by atoms with Crippen LogP contribution in [0.15, 0.2) is 10.7 Å². The second-order valence-corrected chi connectivity index (χ2v) is 7.43. The molecule has 104 valence electrons. The molecular formula is C15H19BrClNO. The Morgan fingerprint density at radius 2 is 2.21 bits per heavy atom. The van der Waals surface area contributed by atoms with Crippen LogP contribution in [0, 0.1) is 11.3 Å². The van der Waals surface area contributed by atoms with Crippen LogP contribution in [0.2, 0.25) is 5.15 Å². The molecule has 2 fully saturated rings. The molecule has 0 aromatic carbocycles. The second kappa shape index (κ2) is 5.25. The highest BCUT2D eigenvalue weighted by atomic mass is 79.9. The van der Waals surface area contributed by atoms with Crippen molar-refractivity contribution in [2.24, 2.45) is 11.3 Å². The Labute approximate surface area is 128 Å². The van der Waals surface area contributed by atoms with E-state index in [9.17, 15) is 0 Å². The van der Waals surface area contributed by atoms with Crippen molar-refractivity contribution in [1.29, 1.82) is 0 Å². The topological polar surface area (TPSA) is 22.1 Å². The van der Waals surface area contributed by atoms with Crippen molar-refractivity contribution < 1.29 is 4.74 Å². The van der Waals surface area contributed by atoms with Crippen LogP contribution >= 0.6 is 27.5 Å². The van der Waals surface area contributed by atoms with Crippen LogP contribution in [0.5, 0.6) is 5.75 Å². The summed E-state index contributed by atoms with van der Waals surface area (Å²) >= 11 is 9.69. The van der Waals surface area contributed by atoms with Crippen LogP contribution in [0.1, 0.15) is 44.6 Å². The van der Waals surface area contributed by atoms with E-state index in [2.05, 4.69) is 33.9 Å². The Morgan fingerprint density at radius 3 is 2.79 bits per heavy atom. The quantitative estimate of drug-likeness (QED) is 0.700. The summed E-state index contributed by atoms with van der Waals surface area (Å²) in [5.41, 5.74) is 1.66. The molecule has 0 spiro atoms. The summed E-state index contributed by atoms with van der Waals surface area (Å²) in [4.78, 5) is 4.37. The monoisotopic (exact) mass is 343 g/mol. The number of pyridine rings is 1. The third-order valence-corrected chi connectivity index (χ3v) is 5.28. The molecule has 0 amide bonds. The fraction of sp³-hybridized carbons (Fsp3) is 0.667. The lowest BCUT2D eigenvalue weighted by molar-refractivity contribution is 0.160. The van der Waals surface area contributed by atoms with E-state index in [-0.39, 0.29) is 0 Å². The van der Waals surface area contributed by atoms with Crippen LogP contribution in [0.3, 0.4) is 0 Å². The molecule has 1 aromatic rings. The lowest BCUT2D eigenvalue weighted by atomic mass is 9.67. The van der Waals surface area contributed by atoms with Crippen molar-refractivity contribution in [2.75, 3.05) is 6.61 Å². The van der Waals surface area contributed by atoms with E-state index in [1.807, 2.05) is 0 Å². The fourth-order valence-electron chi connectivity index (χ4n) is 2.62. The number of ether oxygens (including phenoxy) is 1. The normalized spacial score (nSPS) is 21.0. The summed E-state index contributed by atoms with van der Waals surface area (Å²) in [6.07, 6.45) is 7.58. The molecule has 0 aliphatic heterocycles. The third-order valence-electron chi connectivity index (χ3n) is 4.32. The molecule has 2 aliphatic carbocycles. The molecule has 1 aromatic heterocycles. The van der Waals surface area contributed by atoms with E-state index in [0.29, 0.717) is 10.6 Å². The Balaban J connectivity index is 1.75. The van der Waals surface area contributed by atoms with E-state index >= 15 is 0 Å². The van der Waals surface area contributed by atoms with Crippen LogP contribution in [-0.4, -0.2) is 11.6 Å². The summed E-state index contributed by atoms with van der Waals surface area (Å²) < 4.78 is 6.67. The molecule has 0 bridgehead atoms. The maximum atomic E-state index is 6.16. The van der Waals surface area contributed by atoms with Crippen molar-refractivity contribution in [1.82, 2.24) is 4.98 Å². The van der Waals surface area contributed by atoms with Crippen LogP contribution in [0.25, 0.3) is 0 Å². The van der Waals surface area contributed by atoms with E-state index in [1.165, 1.54) is 37.7 Å². The van der Waals surface area contributed by atoms with Gasteiger partial charge < -0.3 is 4.74 Å². The highest BCUT2D eigenvalue weighted by Crippen LogP contribution is 2.44. The van der Waals surface area contributed by atoms with E-state index in [1.54, 1.807) is 0 Å². The van der Waals surface area contributed by atoms with Gasteiger partial charge in [-0.25, -0.2) is 4.98 Å². The standard InChI is InChI=1S/C15H19BrClNO/c1-15(5-2-6-15)8-11-7-12(14(17)18-13(11)16)19-9-10-3-4-10/h7,10H,2-6,8-9H2,1H3. The third kappa shape index (κ3) is 3.25. The first-order valence-corrected chi connectivity index (χ1v) is 8.21. The van der Waals surface area contributed by atoms with Crippen LogP contribution in [0.4, 0.5) is 0 Å². The molecule has 0 saturated heterocycles. The van der Waals surface area contributed by atoms with Gasteiger partial charge in [-0.05, 0) is 71.0 Å². The molecule has 3 rings (SSSR count). The SMILES string of the molecule is CC1(Cc2cc(OCC3CC3)c(Cl)nc2Br)CCC1. The van der Waals surface area contributed by atoms with Crippen molar-refractivity contribution in [2.45, 2.75) is 45.4 Å². The molecule has 0 unspecified atom stereocenters. The predicted molar refractivity (Wildman–Crippen MR) is 80.8 cm³/mol. The minimum Gasteiger partial charge on any atom is -0.490 e. The highest BCUT2D eigenvalue weighted by molar-refractivity contribution is 9.10. The van der Waals surface area contributed by atoms with Gasteiger partial charge in [0.25, 0.3) is 0 Å². The summed E-state index contributed by atoms with van der Waals surface area (Å²) in [5, 5.41) is 0.468. The maximum absolute atomic E-state index is 6.16. The Morgan fingerprint density at radius 1 is 1.47 bits per heavy atom. The Bertz CT molecular complexity index is 483. The van der Waals surface area contributed by atoms with Crippen molar-refractivity contribution in [3.63, 3.8) is 0 Å². The lowest BCUT2D eigenvalue weighted by Crippen LogP contribution is -2.28. The number of hydrogen-bond acceptors (Lipinski definition) is 2. The molecule has 19 heavy (non-hydrogen) atoms. The molecule has 0 N–H and O–H groups in total. The van der Waals surface area contributed by atoms with Gasteiger partial charge in [0, 0.05) is 0 Å². The number of hydrogen-bond donors (Lipinski definition) is 0. The average Bonchev–Trinajstić information content (AvgIpc) is 3.13. The first kappa shape index (κ1) is 13.7. The number of rotatable bonds is 5. The van der Waals surface area contributed by atoms with E-state index in [4.69, 9.17) is 16.3 Å². The average molecular weight is 345 g/mol. The maximum Gasteiger partial charge on any atom is 0.172 e. The van der Waals surface area contributed by atoms with Gasteiger partial charge in [0.1, 0.15) is 4.60 Å². The fourth-order valence-corrected chi connectivity index (χ4v) is 3.35. The van der Waals surface area contributed by atoms with Gasteiger partial charge in [0.15, 0.2) is 10.9 Å². The minimum absolute atomic E-state index is 0.436. The number of nitrogens with zero attached hydrogens (tertiary/aromatic N) is 1. The second-order valence-electron chi connectivity index (χ2n) is 6.32. The number of aromatic nitrogens is 1. The molecular weight excluding hydrogens is 326 g/mol. The van der Waals surface area contributed by atoms with Crippen LogP contribution < -0.4 is 4.74 Å². The summed E-state index contributed by atoms with van der Waals surface area (Å²) in [7, 11) is 0. The van der Waals surface area contributed by atoms with Crippen molar-refractivity contribution in [3.8, 4) is 5.75 Å². The zero-order valence-electron chi connectivity index (χ0n) is 11.2. The molecule has 1 heterocycles. The van der Waals surface area contributed by atoms with E-state index < -0.39 is 0 Å². The zero-order chi connectivity index (χ0) is 13.5. The Kier molecular flexibility index (Phi) is 3.78. The molecule has 0 atom stereocenters. The molecule has 2 nitrogen and oxygen atoms in total. The minimum atomic E-state index is 0.436. The van der Waals surface area contributed by atoms with Crippen molar-refractivity contribution >= 4 is 27.5 Å². The molecule has 2 saturated carbocycles. The predicted octanol–water partition coefficient (Wildman–Crippen LogP) is 5.02. The van der Waals surface area contributed by atoms with Gasteiger partial charge in [0.05, 0.1) is 6.61 Å². The van der Waals surface area contributed by atoms with Gasteiger partial charge in [-0.3, -0.25) is 0 Å². The summed E-state index contributed by atoms with van der Waals surface area (Å²) in [6.45, 7) is 3.13. The Hall–Kier alpha value is -0.280. The lowest BCUT2D eigenvalue weighted by Gasteiger charge is -2.38. The zero-order valence-corrected chi connectivity index (χ0v) is 13.6. The van der Waals surface area contributed by atoms with Crippen molar-refractivity contribution in [3.05, 3.63) is 21.4 Å². The summed E-state index contributed by atoms with van der Waals surface area (Å²) in [6, 6.07) is 2.07. The largest absolute Gasteiger partial charge is 0.490 e. The number of halogens is 2. The molecule has 4 heteroatoms. The molecule has 2 aliphatic rings. The van der Waals surface area contributed by atoms with Gasteiger partial charge in [-0.2, -0.15) is 0 Å². The molecule has 0 radical (unpaired) electrons. The van der Waals surface area contributed by atoms with Gasteiger partial charge in [-0.15, -0.1) is 0 Å².